The summed E-state index contributed by atoms with van der Waals surface area (Å²) in [6, 6.07) is 5.98. The topological polar surface area (TPSA) is 79.5 Å². The van der Waals surface area contributed by atoms with Crippen LogP contribution in [0.2, 0.25) is 0 Å². The van der Waals surface area contributed by atoms with Gasteiger partial charge >= 0.3 is 0 Å². The van der Waals surface area contributed by atoms with Crippen molar-refractivity contribution in [2.45, 2.75) is 90.4 Å². The Morgan fingerprint density at radius 3 is 1.97 bits per heavy atom. The maximum absolute atomic E-state index is 5.99. The number of aromatic nitrogens is 5. The van der Waals surface area contributed by atoms with Gasteiger partial charge in [0.05, 0.1) is 6.61 Å². The predicted octanol–water partition coefficient (Wildman–Crippen LogP) is 7.07. The van der Waals surface area contributed by atoms with Gasteiger partial charge in [-0.3, -0.25) is 0 Å². The zero-order valence-corrected chi connectivity index (χ0v) is 19.0. The smallest absolute Gasteiger partial charge is 0.232 e. The molecule has 31 heavy (non-hydrogen) atoms. The number of rotatable bonds is 16. The average Bonchev–Trinajstić information content (AvgIpc) is 2.76. The molecule has 4 bridgehead atoms. The molecule has 6 heteroatoms. The first-order valence-corrected chi connectivity index (χ1v) is 12.2. The molecule has 3 rings (SSSR count). The molecule has 0 amide bonds. The maximum Gasteiger partial charge on any atom is 0.232 e. The minimum atomic E-state index is 0.533. The highest BCUT2D eigenvalue weighted by Crippen LogP contribution is 2.18. The molecule has 0 saturated carbocycles. The van der Waals surface area contributed by atoms with Gasteiger partial charge in [0.1, 0.15) is 12.1 Å². The van der Waals surface area contributed by atoms with E-state index in [0.717, 1.165) is 29.8 Å². The fourth-order valence-corrected chi connectivity index (χ4v) is 3.83. The summed E-state index contributed by atoms with van der Waals surface area (Å²) in [6.45, 7) is 3.02. The molecule has 2 heterocycles. The number of fused-ring (bicyclic) bond motifs is 4. The second-order valence-corrected chi connectivity index (χ2v) is 8.38. The Morgan fingerprint density at radius 2 is 1.32 bits per heavy atom. The molecule has 6 nitrogen and oxygen atoms in total. The van der Waals surface area contributed by atoms with Gasteiger partial charge in [0.15, 0.2) is 0 Å². The van der Waals surface area contributed by atoms with E-state index in [0.29, 0.717) is 11.6 Å². The normalized spacial score (nSPS) is 11.4. The molecular formula is C25H38N5O. The van der Waals surface area contributed by atoms with Crippen LogP contribution in [0.25, 0.3) is 22.6 Å². The van der Waals surface area contributed by atoms with Gasteiger partial charge < -0.3 is 14.7 Å². The van der Waals surface area contributed by atoms with Crippen LogP contribution in [-0.4, -0.2) is 31.5 Å². The Hall–Kier alpha value is -2.37. The predicted molar refractivity (Wildman–Crippen MR) is 128 cm³/mol. The third kappa shape index (κ3) is 9.11. The molecule has 0 unspecified atom stereocenters. The third-order valence-electron chi connectivity index (χ3n) is 5.57. The summed E-state index contributed by atoms with van der Waals surface area (Å²) in [4.78, 5) is 18.9. The van der Waals surface area contributed by atoms with Crippen LogP contribution in [0.15, 0.2) is 24.5 Å². The lowest BCUT2D eigenvalue weighted by Crippen LogP contribution is -1.98. The van der Waals surface area contributed by atoms with Crippen LogP contribution in [-0.2, 0) is 0 Å². The minimum Gasteiger partial charge on any atom is -0.493 e. The van der Waals surface area contributed by atoms with Crippen molar-refractivity contribution in [1.82, 2.24) is 24.9 Å². The lowest BCUT2D eigenvalue weighted by atomic mass is 10.0. The number of ether oxygens (including phenoxy) is 1. The summed E-state index contributed by atoms with van der Waals surface area (Å²) in [7, 11) is 0. The van der Waals surface area contributed by atoms with E-state index in [4.69, 9.17) is 4.74 Å². The maximum atomic E-state index is 5.99. The minimum absolute atomic E-state index is 0.533. The SMILES string of the molecule is CCCCC[CH]CCCCCCCCCCOc1cc2cc(c1)[nH]c1ncnc(n1)[nH]2. The van der Waals surface area contributed by atoms with Crippen molar-refractivity contribution in [2.75, 3.05) is 6.61 Å². The molecule has 169 valence electrons. The summed E-state index contributed by atoms with van der Waals surface area (Å²) >= 11 is 0. The number of hydrogen-bond acceptors (Lipinski definition) is 4. The molecule has 0 spiro atoms. The van der Waals surface area contributed by atoms with E-state index in [-0.39, 0.29) is 0 Å². The number of hydrogen-bond donors (Lipinski definition) is 2. The van der Waals surface area contributed by atoms with Gasteiger partial charge in [-0.15, -0.1) is 0 Å². The van der Waals surface area contributed by atoms with Gasteiger partial charge in [-0.05, 0) is 18.9 Å². The molecule has 0 aliphatic rings. The van der Waals surface area contributed by atoms with Gasteiger partial charge in [0, 0.05) is 23.2 Å². The summed E-state index contributed by atoms with van der Waals surface area (Å²) in [5.41, 5.74) is 1.82. The molecule has 1 aromatic carbocycles. The molecule has 0 aliphatic carbocycles. The van der Waals surface area contributed by atoms with Crippen molar-refractivity contribution in [3.8, 4) is 5.75 Å². The zero-order chi connectivity index (χ0) is 21.6. The summed E-state index contributed by atoms with van der Waals surface area (Å²) in [5.74, 6) is 1.92. The highest BCUT2D eigenvalue weighted by Gasteiger charge is 2.00. The number of nitrogens with zero attached hydrogens (tertiary/aromatic N) is 3. The summed E-state index contributed by atoms with van der Waals surface area (Å²) in [5, 5.41) is 0. The number of unbranched alkanes of at least 4 members (excludes halogenated alkanes) is 13. The molecule has 0 fully saturated rings. The van der Waals surface area contributed by atoms with E-state index in [9.17, 15) is 0 Å². The average molecular weight is 425 g/mol. The standard InChI is InChI=1S/C25H38N5O/c1-2-3-4-5-6-7-8-9-10-11-12-13-14-15-16-31-23-18-21-17-22(19-23)29-25-27-20-26-24(28-21)30-25/h6,17-20H,2-5,7-16H2,1H3,(H2,26,27,28,29,30). The Balaban J connectivity index is 1.24. The van der Waals surface area contributed by atoms with Crippen LogP contribution in [0.4, 0.5) is 0 Å². The summed E-state index contributed by atoms with van der Waals surface area (Å²) < 4.78 is 5.99. The van der Waals surface area contributed by atoms with E-state index >= 15 is 0 Å². The van der Waals surface area contributed by atoms with Crippen molar-refractivity contribution < 1.29 is 4.74 Å². The van der Waals surface area contributed by atoms with Crippen LogP contribution in [0, 0.1) is 6.42 Å². The first-order chi connectivity index (χ1) is 15.3. The van der Waals surface area contributed by atoms with Crippen molar-refractivity contribution in [1.29, 1.82) is 0 Å². The van der Waals surface area contributed by atoms with E-state index in [1.807, 2.05) is 18.2 Å². The van der Waals surface area contributed by atoms with Crippen LogP contribution < -0.4 is 4.74 Å². The highest BCUT2D eigenvalue weighted by molar-refractivity contribution is 5.66. The fraction of sp³-hybridized carbons (Fsp3) is 0.600. The van der Waals surface area contributed by atoms with Crippen LogP contribution in [0.5, 0.6) is 5.75 Å². The molecule has 0 saturated heterocycles. The van der Waals surface area contributed by atoms with Crippen molar-refractivity contribution in [2.24, 2.45) is 0 Å². The second-order valence-electron chi connectivity index (χ2n) is 8.38. The third-order valence-corrected chi connectivity index (χ3v) is 5.57. The van der Waals surface area contributed by atoms with E-state index in [1.54, 1.807) is 0 Å². The molecule has 2 N–H and O–H groups in total. The van der Waals surface area contributed by atoms with E-state index in [2.05, 4.69) is 38.3 Å². The molecule has 0 aliphatic heterocycles. The molecule has 0 atom stereocenters. The lowest BCUT2D eigenvalue weighted by Gasteiger charge is -2.08. The number of H-pyrrole nitrogens is 2. The quantitative estimate of drug-likeness (QED) is 0.241. The van der Waals surface area contributed by atoms with Gasteiger partial charge in [0.25, 0.3) is 0 Å². The largest absolute Gasteiger partial charge is 0.493 e. The lowest BCUT2D eigenvalue weighted by molar-refractivity contribution is 0.305. The van der Waals surface area contributed by atoms with Gasteiger partial charge in [-0.1, -0.05) is 84.0 Å². The Kier molecular flexibility index (Phi) is 10.4. The Bertz CT molecular complexity index is 852. The van der Waals surface area contributed by atoms with Crippen LogP contribution in [0.1, 0.15) is 90.4 Å². The molecule has 1 radical (unpaired) electrons. The van der Waals surface area contributed by atoms with Crippen molar-refractivity contribution in [3.05, 3.63) is 30.9 Å². The van der Waals surface area contributed by atoms with Crippen molar-refractivity contribution in [3.63, 3.8) is 0 Å². The van der Waals surface area contributed by atoms with Gasteiger partial charge in [-0.2, -0.15) is 4.98 Å². The zero-order valence-electron chi connectivity index (χ0n) is 19.0. The molecule has 2 aromatic heterocycles. The second kappa shape index (κ2) is 13.8. The first-order valence-electron chi connectivity index (χ1n) is 12.2. The number of nitrogens with one attached hydrogen (secondary N) is 2. The van der Waals surface area contributed by atoms with Gasteiger partial charge in [0.2, 0.25) is 11.6 Å². The van der Waals surface area contributed by atoms with Crippen LogP contribution in [0.3, 0.4) is 0 Å². The van der Waals surface area contributed by atoms with Crippen molar-refractivity contribution >= 4 is 22.6 Å². The summed E-state index contributed by atoms with van der Waals surface area (Å²) in [6.07, 6.45) is 21.2. The first kappa shape index (κ1) is 23.3. The number of aromatic amines is 2. The Labute approximate surface area is 186 Å². The highest BCUT2D eigenvalue weighted by atomic mass is 16.5. The molecule has 3 aromatic rings. The van der Waals surface area contributed by atoms with E-state index in [1.165, 1.54) is 83.4 Å². The molecular weight excluding hydrogens is 386 g/mol. The number of benzene rings is 1. The van der Waals surface area contributed by atoms with E-state index < -0.39 is 0 Å². The fourth-order valence-electron chi connectivity index (χ4n) is 3.83. The van der Waals surface area contributed by atoms with Gasteiger partial charge in [-0.25, -0.2) is 9.97 Å². The Morgan fingerprint density at radius 1 is 0.742 bits per heavy atom. The van der Waals surface area contributed by atoms with Crippen LogP contribution >= 0.6 is 0 Å². The monoisotopic (exact) mass is 424 g/mol.